The van der Waals surface area contributed by atoms with Gasteiger partial charge in [-0.2, -0.15) is 0 Å². The Kier molecular flexibility index (Phi) is 7.53. The van der Waals surface area contributed by atoms with Gasteiger partial charge in [0.1, 0.15) is 11.6 Å². The highest BCUT2D eigenvalue weighted by atomic mass is 19.1. The van der Waals surface area contributed by atoms with E-state index in [0.29, 0.717) is 22.5 Å². The Labute approximate surface area is 184 Å². The largest absolute Gasteiger partial charge is 0.513 e. The average molecular weight is 436 g/mol. The second-order valence-corrected chi connectivity index (χ2v) is 6.66. The Hall–Kier alpha value is -4.20. The number of anilines is 2. The van der Waals surface area contributed by atoms with Gasteiger partial charge in [-0.25, -0.2) is 9.18 Å². The molecule has 0 aliphatic carbocycles. The second-order valence-electron chi connectivity index (χ2n) is 6.66. The van der Waals surface area contributed by atoms with Crippen LogP contribution >= 0.6 is 0 Å². The molecule has 0 unspecified atom stereocenters. The molecule has 0 spiro atoms. The van der Waals surface area contributed by atoms with Gasteiger partial charge in [0.2, 0.25) is 5.91 Å². The Morgan fingerprint density at radius 3 is 2.09 bits per heavy atom. The zero-order valence-corrected chi connectivity index (χ0v) is 17.3. The highest BCUT2D eigenvalue weighted by molar-refractivity contribution is 6.04. The normalized spacial score (nSPS) is 10.2. The highest BCUT2D eigenvalue weighted by Crippen LogP contribution is 2.17. The number of carbonyl (C=O) groups excluding carboxylic acids is 3. The van der Waals surface area contributed by atoms with Crippen LogP contribution in [-0.4, -0.2) is 24.6 Å². The van der Waals surface area contributed by atoms with Crippen molar-refractivity contribution in [3.63, 3.8) is 0 Å². The minimum Gasteiger partial charge on any atom is -0.434 e. The first-order valence-electron chi connectivity index (χ1n) is 9.84. The van der Waals surface area contributed by atoms with Crippen LogP contribution in [0.25, 0.3) is 0 Å². The number of benzene rings is 3. The van der Waals surface area contributed by atoms with E-state index in [0.717, 1.165) is 0 Å². The molecule has 2 N–H and O–H groups in total. The summed E-state index contributed by atoms with van der Waals surface area (Å²) in [4.78, 5) is 35.8. The maximum absolute atomic E-state index is 13.7. The van der Waals surface area contributed by atoms with Crippen molar-refractivity contribution in [3.05, 3.63) is 89.7 Å². The zero-order valence-electron chi connectivity index (χ0n) is 17.3. The van der Waals surface area contributed by atoms with Gasteiger partial charge in [0, 0.05) is 16.9 Å². The van der Waals surface area contributed by atoms with Gasteiger partial charge < -0.3 is 20.1 Å². The van der Waals surface area contributed by atoms with E-state index in [4.69, 9.17) is 4.74 Å². The number of hydrogen-bond donors (Lipinski definition) is 2. The van der Waals surface area contributed by atoms with E-state index in [1.807, 2.05) is 0 Å². The van der Waals surface area contributed by atoms with Gasteiger partial charge in [-0.15, -0.1) is 0 Å². The summed E-state index contributed by atoms with van der Waals surface area (Å²) in [7, 11) is 0. The molecule has 0 radical (unpaired) electrons. The van der Waals surface area contributed by atoms with Crippen LogP contribution < -0.4 is 15.4 Å². The predicted octanol–water partition coefficient (Wildman–Crippen LogP) is 4.79. The number of amides is 2. The summed E-state index contributed by atoms with van der Waals surface area (Å²) in [6.45, 7) is 1.87. The van der Waals surface area contributed by atoms with Gasteiger partial charge >= 0.3 is 6.16 Å². The summed E-state index contributed by atoms with van der Waals surface area (Å²) >= 11 is 0. The molecule has 3 aromatic carbocycles. The second kappa shape index (κ2) is 10.7. The number of hydrogen-bond acceptors (Lipinski definition) is 5. The standard InChI is InChI=1S/C24H21FN2O5/c1-2-31-24(30)32-20-13-7-16(8-14-20)23(29)27-19-11-9-18(10-12-19)26-22(28)15-17-5-3-4-6-21(17)25/h3-14H,2,15H2,1H3,(H,26,28)(H,27,29). The van der Waals surface area contributed by atoms with E-state index in [1.165, 1.54) is 30.3 Å². The third-order valence-corrected chi connectivity index (χ3v) is 4.32. The van der Waals surface area contributed by atoms with Crippen molar-refractivity contribution < 1.29 is 28.2 Å². The molecule has 8 heteroatoms. The van der Waals surface area contributed by atoms with Crippen molar-refractivity contribution >= 4 is 29.3 Å². The lowest BCUT2D eigenvalue weighted by Gasteiger charge is -2.09. The number of halogens is 1. The summed E-state index contributed by atoms with van der Waals surface area (Å²) in [5.74, 6) is -0.877. The van der Waals surface area contributed by atoms with Crippen LogP contribution in [0.1, 0.15) is 22.8 Å². The molecule has 3 rings (SSSR count). The van der Waals surface area contributed by atoms with Crippen molar-refractivity contribution in [3.8, 4) is 5.75 Å². The molecule has 0 aliphatic heterocycles. The molecule has 0 aromatic heterocycles. The first-order valence-corrected chi connectivity index (χ1v) is 9.84. The number of rotatable bonds is 7. The zero-order chi connectivity index (χ0) is 22.9. The Balaban J connectivity index is 1.53. The molecule has 3 aromatic rings. The van der Waals surface area contributed by atoms with Gasteiger partial charge in [0.25, 0.3) is 5.91 Å². The lowest BCUT2D eigenvalue weighted by atomic mass is 10.1. The Bertz CT molecular complexity index is 1100. The van der Waals surface area contributed by atoms with E-state index in [1.54, 1.807) is 49.4 Å². The molecule has 0 fully saturated rings. The third kappa shape index (κ3) is 6.40. The summed E-state index contributed by atoms with van der Waals surface area (Å²) in [6, 6.07) is 18.6. The van der Waals surface area contributed by atoms with Gasteiger partial charge in [-0.3, -0.25) is 9.59 Å². The molecule has 164 valence electrons. The van der Waals surface area contributed by atoms with Crippen molar-refractivity contribution in [1.29, 1.82) is 0 Å². The van der Waals surface area contributed by atoms with Crippen molar-refractivity contribution in [2.75, 3.05) is 17.2 Å². The number of ether oxygens (including phenoxy) is 2. The molecule has 0 heterocycles. The van der Waals surface area contributed by atoms with E-state index < -0.39 is 12.0 Å². The average Bonchev–Trinajstić information content (AvgIpc) is 2.77. The molecule has 0 saturated heterocycles. The van der Waals surface area contributed by atoms with E-state index in [-0.39, 0.29) is 30.6 Å². The molecule has 0 aliphatic rings. The van der Waals surface area contributed by atoms with Gasteiger partial charge in [-0.05, 0) is 67.1 Å². The van der Waals surface area contributed by atoms with Gasteiger partial charge in [0.15, 0.2) is 0 Å². The van der Waals surface area contributed by atoms with Crippen molar-refractivity contribution in [2.45, 2.75) is 13.3 Å². The maximum atomic E-state index is 13.7. The lowest BCUT2D eigenvalue weighted by Crippen LogP contribution is -2.15. The quantitative estimate of drug-likeness (QED) is 0.410. The molecule has 32 heavy (non-hydrogen) atoms. The van der Waals surface area contributed by atoms with E-state index >= 15 is 0 Å². The highest BCUT2D eigenvalue weighted by Gasteiger charge is 2.10. The van der Waals surface area contributed by atoms with Crippen molar-refractivity contribution in [2.24, 2.45) is 0 Å². The lowest BCUT2D eigenvalue weighted by molar-refractivity contribution is -0.115. The molecule has 0 saturated carbocycles. The minimum absolute atomic E-state index is 0.0823. The molecular formula is C24H21FN2O5. The third-order valence-electron chi connectivity index (χ3n) is 4.32. The fourth-order valence-electron chi connectivity index (χ4n) is 2.78. The molecular weight excluding hydrogens is 415 g/mol. The first kappa shape index (κ1) is 22.5. The smallest absolute Gasteiger partial charge is 0.434 e. The summed E-state index contributed by atoms with van der Waals surface area (Å²) in [6.07, 6.45) is -0.896. The van der Waals surface area contributed by atoms with Crippen LogP contribution in [0, 0.1) is 5.82 Å². The monoisotopic (exact) mass is 436 g/mol. The fraction of sp³-hybridized carbons (Fsp3) is 0.125. The Morgan fingerprint density at radius 1 is 0.844 bits per heavy atom. The van der Waals surface area contributed by atoms with Crippen molar-refractivity contribution in [1.82, 2.24) is 0 Å². The summed E-state index contributed by atoms with van der Waals surface area (Å²) in [5.41, 5.74) is 1.72. The van der Waals surface area contributed by atoms with E-state index in [9.17, 15) is 18.8 Å². The van der Waals surface area contributed by atoms with Crippen LogP contribution in [0.4, 0.5) is 20.6 Å². The molecule has 0 bridgehead atoms. The van der Waals surface area contributed by atoms with Crippen LogP contribution in [-0.2, 0) is 16.0 Å². The molecule has 7 nitrogen and oxygen atoms in total. The summed E-state index contributed by atoms with van der Waals surface area (Å²) < 4.78 is 23.3. The SMILES string of the molecule is CCOC(=O)Oc1ccc(C(=O)Nc2ccc(NC(=O)Cc3ccccc3F)cc2)cc1. The molecule has 2 amide bonds. The first-order chi connectivity index (χ1) is 15.4. The van der Waals surface area contributed by atoms with Crippen LogP contribution in [0.15, 0.2) is 72.8 Å². The number of carbonyl (C=O) groups is 3. The summed E-state index contributed by atoms with van der Waals surface area (Å²) in [5, 5.41) is 5.42. The van der Waals surface area contributed by atoms with Crippen LogP contribution in [0.3, 0.4) is 0 Å². The minimum atomic E-state index is -0.814. The topological polar surface area (TPSA) is 93.7 Å². The molecule has 0 atom stereocenters. The predicted molar refractivity (Wildman–Crippen MR) is 117 cm³/mol. The van der Waals surface area contributed by atoms with Crippen LogP contribution in [0.2, 0.25) is 0 Å². The van der Waals surface area contributed by atoms with Crippen LogP contribution in [0.5, 0.6) is 5.75 Å². The van der Waals surface area contributed by atoms with Gasteiger partial charge in [-0.1, -0.05) is 18.2 Å². The fourth-order valence-corrected chi connectivity index (χ4v) is 2.78. The van der Waals surface area contributed by atoms with E-state index in [2.05, 4.69) is 15.4 Å². The maximum Gasteiger partial charge on any atom is 0.513 e. The Morgan fingerprint density at radius 2 is 1.47 bits per heavy atom. The number of nitrogens with one attached hydrogen (secondary N) is 2. The van der Waals surface area contributed by atoms with Gasteiger partial charge in [0.05, 0.1) is 13.0 Å².